The molecule has 0 radical (unpaired) electrons. The summed E-state index contributed by atoms with van der Waals surface area (Å²) in [4.78, 5) is 17.2. The molecule has 0 saturated carbocycles. The number of aromatic nitrogens is 2. The smallest absolute Gasteiger partial charge is 0.336 e. The molecule has 2 aromatic rings. The average Bonchev–Trinajstić information content (AvgIpc) is 3.09. The number of alkyl halides is 3. The van der Waals surface area contributed by atoms with Crippen molar-refractivity contribution in [2.24, 2.45) is 0 Å². The first-order chi connectivity index (χ1) is 11.8. The molecule has 1 aromatic carbocycles. The monoisotopic (exact) mass is 355 g/mol. The van der Waals surface area contributed by atoms with E-state index in [1.807, 2.05) is 20.8 Å². The summed E-state index contributed by atoms with van der Waals surface area (Å²) in [5, 5.41) is 3.36. The Morgan fingerprint density at radius 2 is 1.88 bits per heavy atom. The van der Waals surface area contributed by atoms with E-state index in [0.29, 0.717) is 18.5 Å². The van der Waals surface area contributed by atoms with Crippen LogP contribution in [0.5, 0.6) is 0 Å². The highest BCUT2D eigenvalue weighted by molar-refractivity contribution is 5.76. The molecule has 0 saturated heterocycles. The average molecular weight is 355 g/mol. The molecule has 5 nitrogen and oxygen atoms in total. The van der Waals surface area contributed by atoms with E-state index in [2.05, 4.69) is 14.7 Å². The van der Waals surface area contributed by atoms with Gasteiger partial charge in [0.05, 0.1) is 0 Å². The third-order valence-corrected chi connectivity index (χ3v) is 3.98. The molecule has 1 atom stereocenters. The van der Waals surface area contributed by atoms with Crippen molar-refractivity contribution in [3.63, 3.8) is 0 Å². The van der Waals surface area contributed by atoms with Gasteiger partial charge in [0.25, 0.3) is 0 Å². The molecule has 1 amide bonds. The number of benzene rings is 1. The maximum absolute atomic E-state index is 12.5. The Balaban J connectivity index is 2.16. The van der Waals surface area contributed by atoms with Crippen molar-refractivity contribution >= 4 is 5.91 Å². The second-order valence-electron chi connectivity index (χ2n) is 5.75. The van der Waals surface area contributed by atoms with Gasteiger partial charge < -0.3 is 9.42 Å². The van der Waals surface area contributed by atoms with Crippen LogP contribution in [-0.2, 0) is 17.5 Å². The van der Waals surface area contributed by atoms with Crippen molar-refractivity contribution in [2.45, 2.75) is 52.4 Å². The second kappa shape index (κ2) is 7.67. The van der Waals surface area contributed by atoms with Crippen molar-refractivity contribution in [1.29, 1.82) is 0 Å². The predicted octanol–water partition coefficient (Wildman–Crippen LogP) is 4.29. The highest BCUT2D eigenvalue weighted by Crippen LogP contribution is 2.29. The van der Waals surface area contributed by atoms with Crippen LogP contribution in [0, 0.1) is 0 Å². The Hall–Kier alpha value is -2.38. The molecule has 0 aliphatic rings. The molecule has 8 heteroatoms. The first-order valence-electron chi connectivity index (χ1n) is 8.05. The molecule has 136 valence electrons. The predicted molar refractivity (Wildman–Crippen MR) is 85.3 cm³/mol. The minimum atomic E-state index is -4.66. The standard InChI is InChI=1S/C17H20F3N3O2/c1-4-11(3)23(14(24)5-2)10-12-6-8-13(9-7-12)15-21-16(25-22-15)17(18,19)20/h6-9,11H,4-5,10H2,1-3H3. The van der Waals surface area contributed by atoms with Crippen molar-refractivity contribution in [2.75, 3.05) is 0 Å². The van der Waals surface area contributed by atoms with E-state index in [0.717, 1.165) is 12.0 Å². The summed E-state index contributed by atoms with van der Waals surface area (Å²) in [5.74, 6) is -1.43. The van der Waals surface area contributed by atoms with Gasteiger partial charge in [-0.25, -0.2) is 0 Å². The Morgan fingerprint density at radius 1 is 1.24 bits per heavy atom. The van der Waals surface area contributed by atoms with Gasteiger partial charge in [-0.3, -0.25) is 4.79 Å². The molecule has 2 rings (SSSR count). The zero-order chi connectivity index (χ0) is 18.6. The number of amides is 1. The molecule has 0 fully saturated rings. The van der Waals surface area contributed by atoms with Gasteiger partial charge in [-0.1, -0.05) is 43.3 Å². The van der Waals surface area contributed by atoms with Gasteiger partial charge >= 0.3 is 12.1 Å². The molecule has 1 unspecified atom stereocenters. The van der Waals surface area contributed by atoms with Gasteiger partial charge in [0.15, 0.2) is 0 Å². The zero-order valence-corrected chi connectivity index (χ0v) is 14.3. The highest BCUT2D eigenvalue weighted by atomic mass is 19.4. The van der Waals surface area contributed by atoms with Crippen LogP contribution in [0.15, 0.2) is 28.8 Å². The zero-order valence-electron chi connectivity index (χ0n) is 14.3. The Labute approximate surface area is 143 Å². The molecular formula is C17H20F3N3O2. The fraction of sp³-hybridized carbons (Fsp3) is 0.471. The number of halogens is 3. The lowest BCUT2D eigenvalue weighted by Crippen LogP contribution is -2.37. The fourth-order valence-electron chi connectivity index (χ4n) is 2.33. The van der Waals surface area contributed by atoms with Crippen LogP contribution in [0.4, 0.5) is 13.2 Å². The minimum Gasteiger partial charge on any atom is -0.336 e. The van der Waals surface area contributed by atoms with Crippen molar-refractivity contribution < 1.29 is 22.5 Å². The highest BCUT2D eigenvalue weighted by Gasteiger charge is 2.38. The summed E-state index contributed by atoms with van der Waals surface area (Å²) in [5.41, 5.74) is 1.30. The van der Waals surface area contributed by atoms with E-state index in [-0.39, 0.29) is 17.8 Å². The van der Waals surface area contributed by atoms with Crippen molar-refractivity contribution in [3.05, 3.63) is 35.7 Å². The van der Waals surface area contributed by atoms with Gasteiger partial charge in [0.1, 0.15) is 0 Å². The van der Waals surface area contributed by atoms with Crippen LogP contribution in [0.1, 0.15) is 45.1 Å². The number of nitrogens with zero attached hydrogens (tertiary/aromatic N) is 3. The molecule has 0 bridgehead atoms. The van der Waals surface area contributed by atoms with Crippen LogP contribution < -0.4 is 0 Å². The molecule has 1 heterocycles. The summed E-state index contributed by atoms with van der Waals surface area (Å²) in [7, 11) is 0. The summed E-state index contributed by atoms with van der Waals surface area (Å²) in [6, 6.07) is 6.84. The maximum Gasteiger partial charge on any atom is 0.471 e. The molecule has 0 aliphatic carbocycles. The summed E-state index contributed by atoms with van der Waals surface area (Å²) in [6.07, 6.45) is -3.40. The van der Waals surface area contributed by atoms with Crippen LogP contribution in [-0.4, -0.2) is 27.0 Å². The van der Waals surface area contributed by atoms with Crippen LogP contribution in [0.2, 0.25) is 0 Å². The number of rotatable bonds is 6. The van der Waals surface area contributed by atoms with E-state index in [1.54, 1.807) is 29.2 Å². The lowest BCUT2D eigenvalue weighted by molar-refractivity contribution is -0.159. The molecule has 0 spiro atoms. The first kappa shape index (κ1) is 19.0. The number of hydrogen-bond acceptors (Lipinski definition) is 4. The van der Waals surface area contributed by atoms with Crippen LogP contribution >= 0.6 is 0 Å². The minimum absolute atomic E-state index is 0.0615. The third-order valence-electron chi connectivity index (χ3n) is 3.98. The van der Waals surface area contributed by atoms with E-state index < -0.39 is 12.1 Å². The quantitative estimate of drug-likeness (QED) is 0.775. The van der Waals surface area contributed by atoms with E-state index in [1.165, 1.54) is 0 Å². The summed E-state index contributed by atoms with van der Waals surface area (Å²) < 4.78 is 41.8. The first-order valence-corrected chi connectivity index (χ1v) is 8.05. The van der Waals surface area contributed by atoms with Crippen LogP contribution in [0.3, 0.4) is 0 Å². The van der Waals surface area contributed by atoms with Crippen molar-refractivity contribution in [1.82, 2.24) is 15.0 Å². The Bertz CT molecular complexity index is 711. The van der Waals surface area contributed by atoms with Crippen LogP contribution in [0.25, 0.3) is 11.4 Å². The molecule has 25 heavy (non-hydrogen) atoms. The normalized spacial score (nSPS) is 12.9. The van der Waals surface area contributed by atoms with Gasteiger partial charge in [0.2, 0.25) is 11.7 Å². The summed E-state index contributed by atoms with van der Waals surface area (Å²) in [6.45, 7) is 6.26. The van der Waals surface area contributed by atoms with Gasteiger partial charge in [-0.15, -0.1) is 0 Å². The van der Waals surface area contributed by atoms with E-state index in [9.17, 15) is 18.0 Å². The Morgan fingerprint density at radius 3 is 2.36 bits per heavy atom. The number of hydrogen-bond donors (Lipinski definition) is 0. The number of carbonyl (C=O) groups excluding carboxylic acids is 1. The molecule has 0 aliphatic heterocycles. The topological polar surface area (TPSA) is 59.2 Å². The van der Waals surface area contributed by atoms with Gasteiger partial charge in [-0.05, 0) is 18.9 Å². The third kappa shape index (κ3) is 4.58. The second-order valence-corrected chi connectivity index (χ2v) is 5.75. The lowest BCUT2D eigenvalue weighted by atomic mass is 10.1. The molecule has 0 N–H and O–H groups in total. The molecule has 1 aromatic heterocycles. The lowest BCUT2D eigenvalue weighted by Gasteiger charge is -2.28. The Kier molecular flexibility index (Phi) is 5.81. The maximum atomic E-state index is 12.5. The largest absolute Gasteiger partial charge is 0.471 e. The fourth-order valence-corrected chi connectivity index (χ4v) is 2.33. The number of carbonyl (C=O) groups is 1. The SMILES string of the molecule is CCC(=O)N(Cc1ccc(-c2noc(C(F)(F)F)n2)cc1)C(C)CC. The van der Waals surface area contributed by atoms with Gasteiger partial charge in [-0.2, -0.15) is 18.2 Å². The van der Waals surface area contributed by atoms with E-state index >= 15 is 0 Å². The summed E-state index contributed by atoms with van der Waals surface area (Å²) >= 11 is 0. The molecular weight excluding hydrogens is 335 g/mol. The van der Waals surface area contributed by atoms with E-state index in [4.69, 9.17) is 0 Å². The van der Waals surface area contributed by atoms with Crippen molar-refractivity contribution in [3.8, 4) is 11.4 Å². The van der Waals surface area contributed by atoms with Gasteiger partial charge in [0, 0.05) is 24.6 Å².